The van der Waals surface area contributed by atoms with Crippen molar-refractivity contribution >= 4 is 51.2 Å². The van der Waals surface area contributed by atoms with Gasteiger partial charge in [0.1, 0.15) is 5.00 Å². The summed E-state index contributed by atoms with van der Waals surface area (Å²) in [5.41, 5.74) is 4.20. The molecule has 2 rings (SSSR count). The van der Waals surface area contributed by atoms with Crippen molar-refractivity contribution in [3.63, 3.8) is 0 Å². The Balaban J connectivity index is 2.39. The predicted molar refractivity (Wildman–Crippen MR) is 123 cm³/mol. The second-order valence-corrected chi connectivity index (χ2v) is 8.12. The second kappa shape index (κ2) is 9.84. The average Bonchev–Trinajstić information content (AvgIpc) is 3.02. The maximum Gasteiger partial charge on any atom is 0.341 e. The SMILES string of the molecule is CCc1cccc(CC)c1NC(=S)Nc1sc(C(=O)N(C)C)c(C)c1C(=O)OC. The van der Waals surface area contributed by atoms with Gasteiger partial charge in [0.25, 0.3) is 5.91 Å². The van der Waals surface area contributed by atoms with E-state index in [4.69, 9.17) is 17.0 Å². The summed E-state index contributed by atoms with van der Waals surface area (Å²) in [5, 5.41) is 7.22. The van der Waals surface area contributed by atoms with Crippen molar-refractivity contribution in [1.82, 2.24) is 4.90 Å². The van der Waals surface area contributed by atoms with Gasteiger partial charge in [-0.3, -0.25) is 4.79 Å². The number of carbonyl (C=O) groups is 2. The number of methoxy groups -OCH3 is 1. The van der Waals surface area contributed by atoms with Crippen LogP contribution in [-0.2, 0) is 17.6 Å². The van der Waals surface area contributed by atoms with E-state index in [1.54, 1.807) is 21.0 Å². The Morgan fingerprint density at radius 3 is 2.21 bits per heavy atom. The van der Waals surface area contributed by atoms with E-state index in [2.05, 4.69) is 36.6 Å². The molecule has 0 saturated carbocycles. The first kappa shape index (κ1) is 22.8. The Bertz CT molecular complexity index is 913. The highest BCUT2D eigenvalue weighted by Gasteiger charge is 2.26. The minimum atomic E-state index is -0.509. The van der Waals surface area contributed by atoms with Crippen LogP contribution in [0.3, 0.4) is 0 Å². The zero-order valence-electron chi connectivity index (χ0n) is 17.6. The molecule has 1 aromatic carbocycles. The smallest absolute Gasteiger partial charge is 0.341 e. The molecule has 0 aliphatic heterocycles. The van der Waals surface area contributed by atoms with E-state index in [9.17, 15) is 9.59 Å². The molecule has 0 fully saturated rings. The molecule has 1 heterocycles. The number of carbonyl (C=O) groups excluding carboxylic acids is 2. The number of esters is 1. The molecule has 0 bridgehead atoms. The number of benzene rings is 1. The first-order valence-corrected chi connectivity index (χ1v) is 10.6. The third-order valence-corrected chi connectivity index (χ3v) is 6.00. The molecule has 29 heavy (non-hydrogen) atoms. The van der Waals surface area contributed by atoms with Gasteiger partial charge in [-0.05, 0) is 48.7 Å². The molecule has 2 N–H and O–H groups in total. The first-order chi connectivity index (χ1) is 13.7. The van der Waals surface area contributed by atoms with Crippen LogP contribution in [0.5, 0.6) is 0 Å². The van der Waals surface area contributed by atoms with E-state index < -0.39 is 5.97 Å². The number of hydrogen-bond acceptors (Lipinski definition) is 5. The third-order valence-electron chi connectivity index (χ3n) is 4.60. The van der Waals surface area contributed by atoms with Gasteiger partial charge < -0.3 is 20.3 Å². The number of rotatable bonds is 6. The number of anilines is 2. The van der Waals surface area contributed by atoms with Crippen molar-refractivity contribution in [1.29, 1.82) is 0 Å². The summed E-state index contributed by atoms with van der Waals surface area (Å²) in [6.45, 7) is 5.92. The van der Waals surface area contributed by atoms with Crippen LogP contribution in [0, 0.1) is 6.92 Å². The van der Waals surface area contributed by atoms with Crippen LogP contribution in [0.4, 0.5) is 10.7 Å². The van der Waals surface area contributed by atoms with Crippen LogP contribution in [0.2, 0.25) is 0 Å². The van der Waals surface area contributed by atoms with Gasteiger partial charge in [0.2, 0.25) is 0 Å². The lowest BCUT2D eigenvalue weighted by atomic mass is 10.0. The van der Waals surface area contributed by atoms with Crippen molar-refractivity contribution in [2.24, 2.45) is 0 Å². The van der Waals surface area contributed by atoms with Crippen LogP contribution in [0.25, 0.3) is 0 Å². The minimum absolute atomic E-state index is 0.172. The van der Waals surface area contributed by atoms with Gasteiger partial charge in [0.05, 0.1) is 17.6 Å². The Labute approximate surface area is 181 Å². The van der Waals surface area contributed by atoms with Crippen molar-refractivity contribution in [2.75, 3.05) is 31.8 Å². The molecule has 8 heteroatoms. The molecule has 0 saturated heterocycles. The van der Waals surface area contributed by atoms with E-state index in [0.717, 1.165) is 29.7 Å². The molecule has 1 aromatic heterocycles. The zero-order chi connectivity index (χ0) is 21.7. The number of hydrogen-bond donors (Lipinski definition) is 2. The molecule has 0 spiro atoms. The molecule has 0 aliphatic carbocycles. The van der Waals surface area contributed by atoms with Crippen LogP contribution < -0.4 is 10.6 Å². The topological polar surface area (TPSA) is 70.7 Å². The van der Waals surface area contributed by atoms with Gasteiger partial charge in [0, 0.05) is 19.8 Å². The lowest BCUT2D eigenvalue weighted by molar-refractivity contribution is 0.0601. The van der Waals surface area contributed by atoms with Gasteiger partial charge in [0.15, 0.2) is 5.11 Å². The third kappa shape index (κ3) is 4.94. The molecule has 0 radical (unpaired) electrons. The normalized spacial score (nSPS) is 10.4. The Morgan fingerprint density at radius 1 is 1.14 bits per heavy atom. The van der Waals surface area contributed by atoms with Gasteiger partial charge in [-0.25, -0.2) is 4.79 Å². The average molecular weight is 434 g/mol. The van der Waals surface area contributed by atoms with E-state index in [1.807, 2.05) is 6.07 Å². The van der Waals surface area contributed by atoms with Crippen LogP contribution in [0.1, 0.15) is 50.6 Å². The van der Waals surface area contributed by atoms with Gasteiger partial charge in [-0.2, -0.15) is 0 Å². The number of nitrogens with zero attached hydrogens (tertiary/aromatic N) is 1. The van der Waals surface area contributed by atoms with E-state index >= 15 is 0 Å². The monoisotopic (exact) mass is 433 g/mol. The molecule has 0 unspecified atom stereocenters. The molecule has 1 amide bonds. The maximum absolute atomic E-state index is 12.5. The number of thiophene rings is 1. The van der Waals surface area contributed by atoms with E-state index in [0.29, 0.717) is 26.1 Å². The molecular formula is C21H27N3O3S2. The van der Waals surface area contributed by atoms with Crippen molar-refractivity contribution in [3.8, 4) is 0 Å². The Morgan fingerprint density at radius 2 is 1.72 bits per heavy atom. The van der Waals surface area contributed by atoms with Crippen molar-refractivity contribution < 1.29 is 14.3 Å². The lowest BCUT2D eigenvalue weighted by Gasteiger charge is -2.17. The fourth-order valence-corrected chi connectivity index (χ4v) is 4.50. The fraction of sp³-hybridized carbons (Fsp3) is 0.381. The summed E-state index contributed by atoms with van der Waals surface area (Å²) < 4.78 is 4.92. The molecular weight excluding hydrogens is 406 g/mol. The molecule has 2 aromatic rings. The molecule has 156 valence electrons. The number of nitrogens with one attached hydrogen (secondary N) is 2. The van der Waals surface area contributed by atoms with E-state index in [-0.39, 0.29) is 5.91 Å². The molecule has 6 nitrogen and oxygen atoms in total. The highest BCUT2D eigenvalue weighted by atomic mass is 32.1. The first-order valence-electron chi connectivity index (χ1n) is 9.37. The standard InChI is InChI=1S/C21H27N3O3S2/c1-7-13-10-9-11-14(8-2)16(13)22-21(28)23-18-15(20(26)27-6)12(3)17(29-18)19(25)24(4)5/h9-11H,7-8H2,1-6H3,(H2,22,23,28). The second-order valence-electron chi connectivity index (χ2n) is 6.69. The van der Waals surface area contributed by atoms with Crippen molar-refractivity contribution in [2.45, 2.75) is 33.6 Å². The zero-order valence-corrected chi connectivity index (χ0v) is 19.3. The summed E-state index contributed by atoms with van der Waals surface area (Å²) in [6.07, 6.45) is 1.73. The quantitative estimate of drug-likeness (QED) is 0.517. The number of para-hydroxylation sites is 1. The number of ether oxygens (including phenoxy) is 1. The van der Waals surface area contributed by atoms with Gasteiger partial charge in [-0.15, -0.1) is 11.3 Å². The van der Waals surface area contributed by atoms with E-state index in [1.165, 1.54) is 23.3 Å². The highest BCUT2D eigenvalue weighted by molar-refractivity contribution is 7.80. The Kier molecular flexibility index (Phi) is 7.75. The van der Waals surface area contributed by atoms with Crippen molar-refractivity contribution in [3.05, 3.63) is 45.3 Å². The molecule has 0 aliphatic rings. The van der Waals surface area contributed by atoms with Gasteiger partial charge in [-0.1, -0.05) is 32.0 Å². The lowest BCUT2D eigenvalue weighted by Crippen LogP contribution is -2.21. The summed E-state index contributed by atoms with van der Waals surface area (Å²) in [7, 11) is 4.66. The van der Waals surface area contributed by atoms with Crippen LogP contribution >= 0.6 is 23.6 Å². The Hall–Kier alpha value is -2.45. The number of aryl methyl sites for hydroxylation is 2. The summed E-state index contributed by atoms with van der Waals surface area (Å²) >= 11 is 6.72. The number of amides is 1. The van der Waals surface area contributed by atoms with Gasteiger partial charge >= 0.3 is 5.97 Å². The number of thiocarbonyl (C=S) groups is 1. The maximum atomic E-state index is 12.5. The summed E-state index contributed by atoms with van der Waals surface area (Å²) in [4.78, 5) is 26.8. The van der Waals surface area contributed by atoms with Crippen LogP contribution in [-0.4, -0.2) is 43.1 Å². The summed E-state index contributed by atoms with van der Waals surface area (Å²) in [6, 6.07) is 6.16. The fourth-order valence-electron chi connectivity index (χ4n) is 3.01. The predicted octanol–water partition coefficient (Wildman–Crippen LogP) is 4.48. The largest absolute Gasteiger partial charge is 0.465 e. The van der Waals surface area contributed by atoms with Crippen LogP contribution in [0.15, 0.2) is 18.2 Å². The minimum Gasteiger partial charge on any atom is -0.465 e. The molecule has 0 atom stereocenters. The summed E-state index contributed by atoms with van der Waals surface area (Å²) in [5.74, 6) is -0.681. The highest BCUT2D eigenvalue weighted by Crippen LogP contribution is 2.34.